The Labute approximate surface area is 209 Å². The molecule has 12 heteroatoms. The average molecular weight is 527 g/mol. The van der Waals surface area contributed by atoms with Crippen LogP contribution in [-0.4, -0.2) is 59.8 Å². The zero-order chi connectivity index (χ0) is 27.3. The minimum atomic E-state index is -4.88. The van der Waals surface area contributed by atoms with E-state index in [1.165, 1.54) is 25.3 Å². The van der Waals surface area contributed by atoms with E-state index in [0.29, 0.717) is 19.0 Å². The number of methoxy groups -OCH3 is 1. The number of aromatic nitrogens is 1. The number of hydrogen-bond donors (Lipinski definition) is 1. The minimum absolute atomic E-state index is 0.0596. The number of pyridine rings is 1. The number of halogens is 5. The van der Waals surface area contributed by atoms with Gasteiger partial charge in [-0.25, -0.2) is 4.39 Å². The largest absolute Gasteiger partial charge is 0.493 e. The summed E-state index contributed by atoms with van der Waals surface area (Å²) in [5, 5.41) is 2.49. The number of rotatable bonds is 5. The number of ether oxygens (including phenoxy) is 2. The zero-order valence-electron chi connectivity index (χ0n) is 20.5. The van der Waals surface area contributed by atoms with E-state index in [4.69, 9.17) is 9.47 Å². The van der Waals surface area contributed by atoms with Crippen molar-refractivity contribution in [2.75, 3.05) is 25.5 Å². The van der Waals surface area contributed by atoms with Gasteiger partial charge in [0.25, 0.3) is 11.8 Å². The van der Waals surface area contributed by atoms with Crippen molar-refractivity contribution in [3.05, 3.63) is 53.4 Å². The number of anilines is 1. The summed E-state index contributed by atoms with van der Waals surface area (Å²) in [4.78, 5) is 31.5. The van der Waals surface area contributed by atoms with Gasteiger partial charge in [-0.15, -0.1) is 0 Å². The predicted molar refractivity (Wildman–Crippen MR) is 122 cm³/mol. The molecule has 1 aromatic heterocycles. The summed E-state index contributed by atoms with van der Waals surface area (Å²) in [5.74, 6) is -6.91. The van der Waals surface area contributed by atoms with Gasteiger partial charge in [0.05, 0.1) is 7.11 Å². The van der Waals surface area contributed by atoms with Crippen LogP contribution in [0.3, 0.4) is 0 Å². The molecule has 2 aliphatic rings. The summed E-state index contributed by atoms with van der Waals surface area (Å²) >= 11 is 0. The van der Waals surface area contributed by atoms with Crippen molar-refractivity contribution in [3.8, 4) is 5.75 Å². The van der Waals surface area contributed by atoms with Gasteiger partial charge in [0.15, 0.2) is 17.2 Å². The van der Waals surface area contributed by atoms with E-state index in [0.717, 1.165) is 26.2 Å². The van der Waals surface area contributed by atoms with Crippen LogP contribution < -0.4 is 10.1 Å². The number of amides is 2. The first-order valence-corrected chi connectivity index (χ1v) is 11.6. The van der Waals surface area contributed by atoms with Gasteiger partial charge in [0, 0.05) is 42.4 Å². The lowest BCUT2D eigenvalue weighted by molar-refractivity contribution is -0.272. The first-order chi connectivity index (χ1) is 17.3. The molecule has 200 valence electrons. The highest BCUT2D eigenvalue weighted by Crippen LogP contribution is 2.55. The highest BCUT2D eigenvalue weighted by molar-refractivity contribution is 5.98. The molecule has 0 unspecified atom stereocenters. The molecule has 2 fully saturated rings. The van der Waals surface area contributed by atoms with Gasteiger partial charge in [-0.2, -0.15) is 17.6 Å². The fourth-order valence-electron chi connectivity index (χ4n) is 4.91. The monoisotopic (exact) mass is 527 g/mol. The van der Waals surface area contributed by atoms with E-state index >= 15 is 0 Å². The van der Waals surface area contributed by atoms with Gasteiger partial charge < -0.3 is 19.7 Å². The van der Waals surface area contributed by atoms with Gasteiger partial charge in [-0.05, 0) is 31.0 Å². The van der Waals surface area contributed by atoms with Crippen LogP contribution in [0.1, 0.15) is 42.7 Å². The highest BCUT2D eigenvalue weighted by atomic mass is 19.4. The maximum absolute atomic E-state index is 14.5. The van der Waals surface area contributed by atoms with Crippen LogP contribution in [-0.2, 0) is 9.53 Å². The maximum Gasteiger partial charge on any atom is 0.417 e. The van der Waals surface area contributed by atoms with E-state index in [9.17, 15) is 31.5 Å². The van der Waals surface area contributed by atoms with Gasteiger partial charge in [-0.1, -0.05) is 19.9 Å². The Hall–Kier alpha value is -3.28. The maximum atomic E-state index is 14.5. The van der Waals surface area contributed by atoms with Crippen molar-refractivity contribution in [3.63, 3.8) is 0 Å². The predicted octanol–water partition coefficient (Wildman–Crippen LogP) is 4.54. The molecule has 2 saturated heterocycles. The Balaban J connectivity index is 1.67. The van der Waals surface area contributed by atoms with Crippen molar-refractivity contribution in [2.45, 2.75) is 44.6 Å². The van der Waals surface area contributed by atoms with E-state index in [2.05, 4.69) is 10.3 Å². The Morgan fingerprint density at radius 3 is 2.46 bits per heavy atom. The molecule has 1 aromatic carbocycles. The quantitative estimate of drug-likeness (QED) is 0.578. The summed E-state index contributed by atoms with van der Waals surface area (Å²) in [5.41, 5.74) is -2.74. The number of carbonyl (C=O) groups is 2. The number of nitrogens with one attached hydrogen (secondary N) is 1. The lowest BCUT2D eigenvalue weighted by atomic mass is 9.77. The topological polar surface area (TPSA) is 80.8 Å². The Bertz CT molecular complexity index is 1220. The highest BCUT2D eigenvalue weighted by Gasteiger charge is 2.66. The van der Waals surface area contributed by atoms with Crippen molar-refractivity contribution in [1.29, 1.82) is 0 Å². The summed E-state index contributed by atoms with van der Waals surface area (Å²) in [6.45, 7) is 5.16. The summed E-state index contributed by atoms with van der Waals surface area (Å²) < 4.78 is 80.9. The third kappa shape index (κ3) is 4.62. The number of likely N-dealkylation sites (tertiary alicyclic amines) is 1. The van der Waals surface area contributed by atoms with E-state index in [1.54, 1.807) is 4.90 Å². The standard InChI is InChI=1S/C25H26F5N3O4/c1-12-10-33(11-12)23(35)17-9-14(7-8-31-17)32-22(34)21-18(13(2)24(3,37-21)25(28,29)30)15-5-6-16(26)19(27)20(15)36-4/h5-9,12-13,18,21H,10-11H2,1-4H3,(H,31,32,34)/t13-,18-,21+,24+/m0/s1. The molecule has 2 aromatic rings. The van der Waals surface area contributed by atoms with Crippen LogP contribution >= 0.6 is 0 Å². The third-order valence-electron chi connectivity index (χ3n) is 7.17. The molecule has 4 atom stereocenters. The van der Waals surface area contributed by atoms with Crippen LogP contribution in [0, 0.1) is 23.5 Å². The Morgan fingerprint density at radius 1 is 1.19 bits per heavy atom. The molecule has 2 amide bonds. The molecule has 0 spiro atoms. The SMILES string of the molecule is COc1c([C@H]2[C@H](C(=O)Nc3ccnc(C(=O)N4CC(C)C4)c3)O[C@@](C)(C(F)(F)F)[C@H]2C)ccc(F)c1F. The molecular formula is C25H26F5N3O4. The molecule has 1 N–H and O–H groups in total. The van der Waals surface area contributed by atoms with Crippen LogP contribution in [0.25, 0.3) is 0 Å². The van der Waals surface area contributed by atoms with E-state index < -0.39 is 53.0 Å². The molecule has 37 heavy (non-hydrogen) atoms. The molecule has 3 heterocycles. The van der Waals surface area contributed by atoms with Crippen molar-refractivity contribution in [1.82, 2.24) is 9.88 Å². The molecule has 7 nitrogen and oxygen atoms in total. The van der Waals surface area contributed by atoms with Crippen molar-refractivity contribution in [2.24, 2.45) is 11.8 Å². The third-order valence-corrected chi connectivity index (χ3v) is 7.17. The average Bonchev–Trinajstić information content (AvgIpc) is 3.10. The van der Waals surface area contributed by atoms with Crippen LogP contribution in [0.2, 0.25) is 0 Å². The van der Waals surface area contributed by atoms with Gasteiger partial charge in [-0.3, -0.25) is 14.6 Å². The van der Waals surface area contributed by atoms with Crippen LogP contribution in [0.5, 0.6) is 5.75 Å². The van der Waals surface area contributed by atoms with Crippen LogP contribution in [0.4, 0.5) is 27.6 Å². The molecule has 4 rings (SSSR count). The van der Waals surface area contributed by atoms with Gasteiger partial charge in [0.2, 0.25) is 5.82 Å². The second-order valence-electron chi connectivity index (χ2n) is 9.68. The minimum Gasteiger partial charge on any atom is -0.493 e. The second-order valence-corrected chi connectivity index (χ2v) is 9.68. The number of nitrogens with zero attached hydrogens (tertiary/aromatic N) is 2. The lowest BCUT2D eigenvalue weighted by Crippen LogP contribution is -2.48. The van der Waals surface area contributed by atoms with Gasteiger partial charge in [0.1, 0.15) is 11.8 Å². The second kappa shape index (κ2) is 9.55. The molecule has 2 aliphatic heterocycles. The molecule has 0 bridgehead atoms. The van der Waals surface area contributed by atoms with Crippen molar-refractivity contribution < 1.29 is 41.0 Å². The summed E-state index contributed by atoms with van der Waals surface area (Å²) in [6, 6.07) is 4.54. The number of carbonyl (C=O) groups excluding carboxylic acids is 2. The first-order valence-electron chi connectivity index (χ1n) is 11.6. The summed E-state index contributed by atoms with van der Waals surface area (Å²) in [6.07, 6.45) is -5.33. The molecular weight excluding hydrogens is 501 g/mol. The van der Waals surface area contributed by atoms with Crippen molar-refractivity contribution >= 4 is 17.5 Å². The zero-order valence-corrected chi connectivity index (χ0v) is 20.5. The Morgan fingerprint density at radius 2 is 1.86 bits per heavy atom. The molecule has 0 radical (unpaired) electrons. The normalized spacial score (nSPS) is 26.1. The first kappa shape index (κ1) is 26.8. The fraction of sp³-hybridized carbons (Fsp3) is 0.480. The molecule has 0 aliphatic carbocycles. The van der Waals surface area contributed by atoms with Crippen LogP contribution in [0.15, 0.2) is 30.5 Å². The molecule has 0 saturated carbocycles. The Kier molecular flexibility index (Phi) is 6.91. The summed E-state index contributed by atoms with van der Waals surface area (Å²) in [7, 11) is 1.05. The fourth-order valence-corrected chi connectivity index (χ4v) is 4.91. The lowest BCUT2D eigenvalue weighted by Gasteiger charge is -2.36. The smallest absolute Gasteiger partial charge is 0.417 e. The van der Waals surface area contributed by atoms with E-state index in [1.807, 2.05) is 6.92 Å². The number of hydrogen-bond acceptors (Lipinski definition) is 5. The van der Waals surface area contributed by atoms with E-state index in [-0.39, 0.29) is 22.9 Å². The number of benzene rings is 1. The number of alkyl halides is 3. The van der Waals surface area contributed by atoms with Gasteiger partial charge >= 0.3 is 6.18 Å².